The van der Waals surface area contributed by atoms with Crippen LogP contribution in [0.4, 0.5) is 10.5 Å². The minimum absolute atomic E-state index is 0.439. The third-order valence-electron chi connectivity index (χ3n) is 2.59. The minimum Gasteiger partial charge on any atom is -0.497 e. The number of amides is 3. The SMILES string of the molecule is CNC(=O)NC(=O)C(C)Nc1cc(OC)cc(OC)c1. The highest BCUT2D eigenvalue weighted by Crippen LogP contribution is 2.26. The lowest BCUT2D eigenvalue weighted by atomic mass is 10.2. The van der Waals surface area contributed by atoms with Crippen molar-refractivity contribution < 1.29 is 19.1 Å². The fourth-order valence-corrected chi connectivity index (χ4v) is 1.49. The molecule has 7 nitrogen and oxygen atoms in total. The summed E-state index contributed by atoms with van der Waals surface area (Å²) in [5.41, 5.74) is 0.653. The first-order valence-corrected chi connectivity index (χ1v) is 6.02. The van der Waals surface area contributed by atoms with Crippen molar-refractivity contribution in [3.8, 4) is 11.5 Å². The Bertz CT molecular complexity index is 468. The summed E-state index contributed by atoms with van der Waals surface area (Å²) in [6.45, 7) is 1.64. The summed E-state index contributed by atoms with van der Waals surface area (Å²) in [5, 5.41) is 7.47. The van der Waals surface area contributed by atoms with E-state index in [0.29, 0.717) is 17.2 Å². The van der Waals surface area contributed by atoms with E-state index in [1.807, 2.05) is 0 Å². The Morgan fingerprint density at radius 2 is 1.65 bits per heavy atom. The number of nitrogens with one attached hydrogen (secondary N) is 3. The van der Waals surface area contributed by atoms with Gasteiger partial charge < -0.3 is 20.1 Å². The number of rotatable bonds is 5. The van der Waals surface area contributed by atoms with Crippen LogP contribution in [0, 0.1) is 0 Å². The number of hydrogen-bond acceptors (Lipinski definition) is 5. The summed E-state index contributed by atoms with van der Waals surface area (Å²) in [6.07, 6.45) is 0. The quantitative estimate of drug-likeness (QED) is 0.748. The van der Waals surface area contributed by atoms with Gasteiger partial charge in [0.1, 0.15) is 17.5 Å². The molecule has 0 heterocycles. The van der Waals surface area contributed by atoms with Crippen LogP contribution < -0.4 is 25.4 Å². The van der Waals surface area contributed by atoms with Gasteiger partial charge in [-0.25, -0.2) is 4.79 Å². The van der Waals surface area contributed by atoms with Crippen molar-refractivity contribution in [2.45, 2.75) is 13.0 Å². The molecule has 0 bridgehead atoms. The summed E-state index contributed by atoms with van der Waals surface area (Å²) in [4.78, 5) is 22.8. The van der Waals surface area contributed by atoms with Crippen LogP contribution in [0.3, 0.4) is 0 Å². The molecular formula is C13H19N3O4. The van der Waals surface area contributed by atoms with E-state index in [9.17, 15) is 9.59 Å². The maximum Gasteiger partial charge on any atom is 0.321 e. The van der Waals surface area contributed by atoms with E-state index in [-0.39, 0.29) is 0 Å². The Balaban J connectivity index is 2.76. The molecule has 7 heteroatoms. The van der Waals surface area contributed by atoms with Crippen LogP contribution in [0.5, 0.6) is 11.5 Å². The van der Waals surface area contributed by atoms with Gasteiger partial charge in [0.15, 0.2) is 0 Å². The number of carbonyl (C=O) groups is 2. The Labute approximate surface area is 117 Å². The monoisotopic (exact) mass is 281 g/mol. The number of urea groups is 1. The number of imide groups is 1. The number of anilines is 1. The zero-order chi connectivity index (χ0) is 15.1. The van der Waals surface area contributed by atoms with Crippen LogP contribution in [-0.4, -0.2) is 39.2 Å². The fourth-order valence-electron chi connectivity index (χ4n) is 1.49. The second-order valence-corrected chi connectivity index (χ2v) is 4.04. The van der Waals surface area contributed by atoms with Crippen molar-refractivity contribution in [3.05, 3.63) is 18.2 Å². The van der Waals surface area contributed by atoms with E-state index in [2.05, 4.69) is 16.0 Å². The minimum atomic E-state index is -0.593. The summed E-state index contributed by atoms with van der Waals surface area (Å²) >= 11 is 0. The molecule has 1 atom stereocenters. The second kappa shape index (κ2) is 7.22. The normalized spacial score (nSPS) is 11.2. The fraction of sp³-hybridized carbons (Fsp3) is 0.385. The summed E-state index contributed by atoms with van der Waals surface area (Å²) in [6, 6.07) is 4.04. The molecule has 3 amide bonds. The molecule has 1 aromatic rings. The number of hydrogen-bond donors (Lipinski definition) is 3. The van der Waals surface area contributed by atoms with E-state index in [4.69, 9.17) is 9.47 Å². The number of methoxy groups -OCH3 is 2. The average molecular weight is 281 g/mol. The zero-order valence-corrected chi connectivity index (χ0v) is 11.9. The van der Waals surface area contributed by atoms with Crippen LogP contribution in [-0.2, 0) is 4.79 Å². The average Bonchev–Trinajstić information content (AvgIpc) is 2.46. The molecular weight excluding hydrogens is 262 g/mol. The molecule has 0 aliphatic carbocycles. The van der Waals surface area contributed by atoms with Gasteiger partial charge in [0.25, 0.3) is 0 Å². The molecule has 1 unspecified atom stereocenters. The molecule has 1 aromatic carbocycles. The Kier molecular flexibility index (Phi) is 5.64. The zero-order valence-electron chi connectivity index (χ0n) is 11.9. The first-order valence-electron chi connectivity index (χ1n) is 6.02. The third kappa shape index (κ3) is 4.34. The Morgan fingerprint density at radius 1 is 1.10 bits per heavy atom. The van der Waals surface area contributed by atoms with Gasteiger partial charge in [-0.3, -0.25) is 10.1 Å². The van der Waals surface area contributed by atoms with Gasteiger partial charge in [0.05, 0.1) is 14.2 Å². The van der Waals surface area contributed by atoms with Crippen LogP contribution in [0.2, 0.25) is 0 Å². The van der Waals surface area contributed by atoms with Gasteiger partial charge in [-0.05, 0) is 6.92 Å². The molecule has 0 saturated heterocycles. The maximum absolute atomic E-state index is 11.7. The molecule has 1 rings (SSSR count). The maximum atomic E-state index is 11.7. The van der Waals surface area contributed by atoms with Crippen molar-refractivity contribution in [3.63, 3.8) is 0 Å². The van der Waals surface area contributed by atoms with E-state index in [1.54, 1.807) is 39.3 Å². The van der Waals surface area contributed by atoms with Gasteiger partial charge in [0, 0.05) is 30.9 Å². The van der Waals surface area contributed by atoms with Crippen LogP contribution in [0.25, 0.3) is 0 Å². The van der Waals surface area contributed by atoms with Crippen molar-refractivity contribution in [2.75, 3.05) is 26.6 Å². The highest BCUT2D eigenvalue weighted by atomic mass is 16.5. The second-order valence-electron chi connectivity index (χ2n) is 4.04. The molecule has 110 valence electrons. The van der Waals surface area contributed by atoms with Crippen molar-refractivity contribution in [1.29, 1.82) is 0 Å². The predicted molar refractivity (Wildman–Crippen MR) is 75.2 cm³/mol. The summed E-state index contributed by atoms with van der Waals surface area (Å²) in [5.74, 6) is 0.766. The third-order valence-corrected chi connectivity index (χ3v) is 2.59. The highest BCUT2D eigenvalue weighted by Gasteiger charge is 2.15. The van der Waals surface area contributed by atoms with E-state index in [0.717, 1.165) is 0 Å². The van der Waals surface area contributed by atoms with Crippen LogP contribution in [0.15, 0.2) is 18.2 Å². The van der Waals surface area contributed by atoms with Crippen LogP contribution >= 0.6 is 0 Å². The molecule has 0 radical (unpaired) electrons. The summed E-state index contributed by atoms with van der Waals surface area (Å²) in [7, 11) is 4.52. The molecule has 0 aliphatic heterocycles. The smallest absolute Gasteiger partial charge is 0.321 e. The van der Waals surface area contributed by atoms with Gasteiger partial charge >= 0.3 is 6.03 Å². The number of carbonyl (C=O) groups excluding carboxylic acids is 2. The molecule has 0 aromatic heterocycles. The number of benzene rings is 1. The van der Waals surface area contributed by atoms with Gasteiger partial charge in [-0.15, -0.1) is 0 Å². The lowest BCUT2D eigenvalue weighted by Gasteiger charge is -2.16. The molecule has 0 aliphatic rings. The van der Waals surface area contributed by atoms with Gasteiger partial charge in [-0.1, -0.05) is 0 Å². The molecule has 20 heavy (non-hydrogen) atoms. The Hall–Kier alpha value is -2.44. The van der Waals surface area contributed by atoms with E-state index in [1.165, 1.54) is 7.05 Å². The van der Waals surface area contributed by atoms with Crippen molar-refractivity contribution in [2.24, 2.45) is 0 Å². The standard InChI is InChI=1S/C13H19N3O4/c1-8(12(17)16-13(18)14-2)15-9-5-10(19-3)7-11(6-9)20-4/h5-8,15H,1-4H3,(H2,14,16,17,18). The first-order chi connectivity index (χ1) is 9.49. The van der Waals surface area contributed by atoms with Crippen LogP contribution in [0.1, 0.15) is 6.92 Å². The van der Waals surface area contributed by atoms with E-state index >= 15 is 0 Å². The molecule has 0 saturated carbocycles. The van der Waals surface area contributed by atoms with E-state index < -0.39 is 18.0 Å². The highest BCUT2D eigenvalue weighted by molar-refractivity contribution is 5.97. The lowest BCUT2D eigenvalue weighted by Crippen LogP contribution is -2.44. The van der Waals surface area contributed by atoms with Crippen molar-refractivity contribution >= 4 is 17.6 Å². The number of ether oxygens (including phenoxy) is 2. The van der Waals surface area contributed by atoms with Gasteiger partial charge in [-0.2, -0.15) is 0 Å². The van der Waals surface area contributed by atoms with Crippen molar-refractivity contribution in [1.82, 2.24) is 10.6 Å². The Morgan fingerprint density at radius 3 is 2.10 bits per heavy atom. The topological polar surface area (TPSA) is 88.7 Å². The lowest BCUT2D eigenvalue weighted by molar-refractivity contribution is -0.120. The summed E-state index contributed by atoms with van der Waals surface area (Å²) < 4.78 is 10.3. The molecule has 0 fully saturated rings. The largest absolute Gasteiger partial charge is 0.497 e. The van der Waals surface area contributed by atoms with Gasteiger partial charge in [0.2, 0.25) is 5.91 Å². The molecule has 3 N–H and O–H groups in total. The predicted octanol–water partition coefficient (Wildman–Crippen LogP) is 0.960. The molecule has 0 spiro atoms. The first kappa shape index (κ1) is 15.6.